The minimum absolute atomic E-state index is 0.107. The molecular formula is C11H14N4O4S2. The average molecular weight is 330 g/mol. The molecule has 0 aliphatic carbocycles. The van der Waals surface area contributed by atoms with Crippen molar-refractivity contribution in [3.05, 3.63) is 28.5 Å². The van der Waals surface area contributed by atoms with Crippen molar-refractivity contribution >= 4 is 27.3 Å². The number of hydrogen-bond donors (Lipinski definition) is 2. The Kier molecular flexibility index (Phi) is 4.70. The van der Waals surface area contributed by atoms with Crippen molar-refractivity contribution in [3.8, 4) is 0 Å². The maximum absolute atomic E-state index is 11.9. The summed E-state index contributed by atoms with van der Waals surface area (Å²) in [5, 5.41) is 14.8. The number of aryl methyl sites for hydroxylation is 1. The van der Waals surface area contributed by atoms with Crippen LogP contribution in [0.4, 0.5) is 0 Å². The van der Waals surface area contributed by atoms with Crippen LogP contribution in [0.5, 0.6) is 0 Å². The average Bonchev–Trinajstić information content (AvgIpc) is 2.98. The first-order valence-corrected chi connectivity index (χ1v) is 8.36. The monoisotopic (exact) mass is 330 g/mol. The van der Waals surface area contributed by atoms with E-state index in [-0.39, 0.29) is 17.9 Å². The molecule has 2 aromatic heterocycles. The van der Waals surface area contributed by atoms with Gasteiger partial charge in [0.1, 0.15) is 4.90 Å². The van der Waals surface area contributed by atoms with E-state index in [1.165, 1.54) is 28.4 Å². The zero-order valence-corrected chi connectivity index (χ0v) is 12.8. The zero-order chi connectivity index (χ0) is 15.5. The largest absolute Gasteiger partial charge is 0.481 e. The van der Waals surface area contributed by atoms with Crippen molar-refractivity contribution in [1.82, 2.24) is 19.5 Å². The van der Waals surface area contributed by atoms with Crippen LogP contribution in [0.15, 0.2) is 22.7 Å². The van der Waals surface area contributed by atoms with E-state index in [0.717, 1.165) is 0 Å². The molecule has 0 unspecified atom stereocenters. The summed E-state index contributed by atoms with van der Waals surface area (Å²) in [5.41, 5.74) is 0.484. The van der Waals surface area contributed by atoms with Crippen LogP contribution in [0, 0.1) is 0 Å². The third-order valence-corrected chi connectivity index (χ3v) is 4.93. The number of hydrogen-bond acceptors (Lipinski definition) is 6. The molecule has 0 amide bonds. The molecule has 2 N–H and O–H groups in total. The molecule has 0 saturated carbocycles. The van der Waals surface area contributed by atoms with Crippen LogP contribution in [0.25, 0.3) is 0 Å². The van der Waals surface area contributed by atoms with Gasteiger partial charge in [-0.3, -0.25) is 9.48 Å². The quantitative estimate of drug-likeness (QED) is 0.740. The van der Waals surface area contributed by atoms with Gasteiger partial charge in [0, 0.05) is 31.6 Å². The maximum atomic E-state index is 11.9. The highest BCUT2D eigenvalue weighted by Gasteiger charge is 2.15. The summed E-state index contributed by atoms with van der Waals surface area (Å²) in [4.78, 5) is 14.8. The number of carbonyl (C=O) groups is 1. The Bertz CT molecular complexity index is 735. The minimum atomic E-state index is -3.57. The molecule has 0 bridgehead atoms. The topological polar surface area (TPSA) is 114 Å². The summed E-state index contributed by atoms with van der Waals surface area (Å²) in [6, 6.07) is 0. The summed E-state index contributed by atoms with van der Waals surface area (Å²) in [7, 11) is -1.93. The van der Waals surface area contributed by atoms with Crippen LogP contribution in [-0.4, -0.2) is 40.8 Å². The second kappa shape index (κ2) is 6.33. The van der Waals surface area contributed by atoms with Gasteiger partial charge in [0.25, 0.3) is 0 Å². The van der Waals surface area contributed by atoms with Crippen molar-refractivity contribution in [2.45, 2.75) is 17.7 Å². The van der Waals surface area contributed by atoms with Gasteiger partial charge in [-0.2, -0.15) is 5.10 Å². The Balaban J connectivity index is 1.89. The number of carboxylic acid groups (broad SMARTS) is 1. The number of aromatic nitrogens is 3. The highest BCUT2D eigenvalue weighted by Crippen LogP contribution is 2.11. The Morgan fingerprint density at radius 1 is 1.52 bits per heavy atom. The van der Waals surface area contributed by atoms with Gasteiger partial charge in [-0.15, -0.1) is 11.3 Å². The first-order chi connectivity index (χ1) is 9.87. The SMILES string of the molecule is Cn1cc(S(=O)(=O)NCCc2nc(CC(=O)O)cs2)cn1. The van der Waals surface area contributed by atoms with Gasteiger partial charge >= 0.3 is 5.97 Å². The summed E-state index contributed by atoms with van der Waals surface area (Å²) in [5.74, 6) is -0.941. The molecule has 2 heterocycles. The van der Waals surface area contributed by atoms with Gasteiger partial charge < -0.3 is 5.11 Å². The van der Waals surface area contributed by atoms with Crippen molar-refractivity contribution in [2.24, 2.45) is 7.05 Å². The van der Waals surface area contributed by atoms with E-state index in [0.29, 0.717) is 17.1 Å². The Morgan fingerprint density at radius 2 is 2.29 bits per heavy atom. The van der Waals surface area contributed by atoms with Gasteiger partial charge in [-0.1, -0.05) is 0 Å². The predicted octanol–water partition coefficient (Wildman–Crippen LogP) is 0.0247. The number of aliphatic carboxylic acids is 1. The first-order valence-electron chi connectivity index (χ1n) is 6.00. The van der Waals surface area contributed by atoms with E-state index < -0.39 is 16.0 Å². The van der Waals surface area contributed by atoms with Crippen molar-refractivity contribution in [1.29, 1.82) is 0 Å². The fraction of sp³-hybridized carbons (Fsp3) is 0.364. The highest BCUT2D eigenvalue weighted by molar-refractivity contribution is 7.89. The minimum Gasteiger partial charge on any atom is -0.481 e. The molecule has 0 atom stereocenters. The number of sulfonamides is 1. The van der Waals surface area contributed by atoms with Crippen molar-refractivity contribution < 1.29 is 18.3 Å². The van der Waals surface area contributed by atoms with Gasteiger partial charge in [0.2, 0.25) is 10.0 Å². The molecular weight excluding hydrogens is 316 g/mol. The molecule has 0 spiro atoms. The van der Waals surface area contributed by atoms with E-state index in [9.17, 15) is 13.2 Å². The Morgan fingerprint density at radius 3 is 2.90 bits per heavy atom. The van der Waals surface area contributed by atoms with E-state index in [4.69, 9.17) is 5.11 Å². The lowest BCUT2D eigenvalue weighted by Gasteiger charge is -2.02. The molecule has 114 valence electrons. The standard InChI is InChI=1S/C11H14N4O4S2/c1-15-6-9(5-12-15)21(18,19)13-3-2-10-14-8(7-20-10)4-11(16)17/h5-7,13H,2-4H2,1H3,(H,16,17). The van der Waals surface area contributed by atoms with Crippen LogP contribution in [0.3, 0.4) is 0 Å². The molecule has 2 rings (SSSR count). The van der Waals surface area contributed by atoms with Crippen molar-refractivity contribution in [3.63, 3.8) is 0 Å². The Hall–Kier alpha value is -1.78. The van der Waals surface area contributed by atoms with Gasteiger partial charge in [-0.05, 0) is 0 Å². The summed E-state index contributed by atoms with van der Waals surface area (Å²) >= 11 is 1.32. The molecule has 10 heteroatoms. The number of thiazole rings is 1. The fourth-order valence-corrected chi connectivity index (χ4v) is 3.43. The molecule has 0 aromatic carbocycles. The van der Waals surface area contributed by atoms with Gasteiger partial charge in [-0.25, -0.2) is 18.1 Å². The second-order valence-corrected chi connectivity index (χ2v) is 7.01. The molecule has 8 nitrogen and oxygen atoms in total. The van der Waals surface area contributed by atoms with Gasteiger partial charge in [0.05, 0.1) is 23.3 Å². The van der Waals surface area contributed by atoms with Crippen LogP contribution < -0.4 is 4.72 Å². The van der Waals surface area contributed by atoms with E-state index >= 15 is 0 Å². The number of nitrogens with one attached hydrogen (secondary N) is 1. The smallest absolute Gasteiger partial charge is 0.309 e. The zero-order valence-electron chi connectivity index (χ0n) is 11.2. The molecule has 0 fully saturated rings. The molecule has 0 radical (unpaired) electrons. The summed E-state index contributed by atoms with van der Waals surface area (Å²) in [6.45, 7) is 0.192. The van der Waals surface area contributed by atoms with Gasteiger partial charge in [0.15, 0.2) is 0 Å². The van der Waals surface area contributed by atoms with Crippen molar-refractivity contribution in [2.75, 3.05) is 6.54 Å². The number of rotatable bonds is 7. The normalized spacial score (nSPS) is 11.7. The van der Waals surface area contributed by atoms with Crippen LogP contribution in [0.2, 0.25) is 0 Å². The first kappa shape index (κ1) is 15.6. The molecule has 2 aromatic rings. The number of carboxylic acids is 1. The predicted molar refractivity (Wildman–Crippen MR) is 75.6 cm³/mol. The van der Waals surface area contributed by atoms with Crippen LogP contribution in [0.1, 0.15) is 10.7 Å². The second-order valence-electron chi connectivity index (χ2n) is 4.30. The molecule has 0 aliphatic heterocycles. The van der Waals surface area contributed by atoms with E-state index in [1.54, 1.807) is 12.4 Å². The highest BCUT2D eigenvalue weighted by atomic mass is 32.2. The molecule has 0 aliphatic rings. The lowest BCUT2D eigenvalue weighted by molar-refractivity contribution is -0.136. The van der Waals surface area contributed by atoms with Crippen LogP contribution >= 0.6 is 11.3 Å². The molecule has 21 heavy (non-hydrogen) atoms. The third-order valence-electron chi connectivity index (χ3n) is 2.55. The van der Waals surface area contributed by atoms with E-state index in [1.807, 2.05) is 0 Å². The maximum Gasteiger partial charge on any atom is 0.309 e. The fourth-order valence-electron chi connectivity index (χ4n) is 1.61. The molecule has 0 saturated heterocycles. The third kappa shape index (κ3) is 4.34. The summed E-state index contributed by atoms with van der Waals surface area (Å²) in [6.07, 6.45) is 2.97. The lowest BCUT2D eigenvalue weighted by Crippen LogP contribution is -2.25. The Labute approximate surface area is 125 Å². The summed E-state index contributed by atoms with van der Waals surface area (Å²) < 4.78 is 27.7. The van der Waals surface area contributed by atoms with Crippen LogP contribution in [-0.2, 0) is 34.7 Å². The van der Waals surface area contributed by atoms with E-state index in [2.05, 4.69) is 14.8 Å². The lowest BCUT2D eigenvalue weighted by atomic mass is 10.3. The number of nitrogens with zero attached hydrogens (tertiary/aromatic N) is 3.